The Balaban J connectivity index is 0. The zero-order valence-corrected chi connectivity index (χ0v) is 20.4. The molecule has 29 heavy (non-hydrogen) atoms. The van der Waals surface area contributed by atoms with Gasteiger partial charge in [0.15, 0.2) is 0 Å². The van der Waals surface area contributed by atoms with Gasteiger partial charge in [0.05, 0.1) is 13.2 Å². The molecule has 0 heterocycles. The van der Waals surface area contributed by atoms with Crippen LogP contribution in [0.25, 0.3) is 0 Å². The molecule has 0 bridgehead atoms. The Morgan fingerprint density at radius 1 is 0.966 bits per heavy atom. The number of hydrogen-bond acceptors (Lipinski definition) is 4. The van der Waals surface area contributed by atoms with Crippen LogP contribution in [0.5, 0.6) is 0 Å². The largest absolute Gasteiger partial charge is 0.462 e. The van der Waals surface area contributed by atoms with Gasteiger partial charge < -0.3 is 9.47 Å². The van der Waals surface area contributed by atoms with Crippen molar-refractivity contribution in [2.24, 2.45) is 17.3 Å². The first-order chi connectivity index (χ1) is 13.4. The van der Waals surface area contributed by atoms with Crippen LogP contribution in [0.15, 0.2) is 24.3 Å². The van der Waals surface area contributed by atoms with Crippen molar-refractivity contribution in [1.82, 2.24) is 0 Å². The molecule has 0 N–H and O–H groups in total. The summed E-state index contributed by atoms with van der Waals surface area (Å²) in [6, 6.07) is 0. The molecule has 0 spiro atoms. The van der Waals surface area contributed by atoms with Crippen LogP contribution in [-0.2, 0) is 19.1 Å². The fraction of sp³-hybridized carbons (Fsp3) is 0.760. The molecule has 0 aromatic heterocycles. The van der Waals surface area contributed by atoms with Crippen molar-refractivity contribution in [2.45, 2.75) is 93.9 Å². The van der Waals surface area contributed by atoms with E-state index in [0.29, 0.717) is 36.2 Å². The first-order valence-corrected chi connectivity index (χ1v) is 11.0. The number of esters is 2. The normalized spacial score (nSPS) is 11.9. The van der Waals surface area contributed by atoms with Crippen LogP contribution >= 0.6 is 0 Å². The molecule has 0 aliphatic rings. The maximum Gasteiger partial charge on any atom is 0.333 e. The fourth-order valence-corrected chi connectivity index (χ4v) is 2.97. The van der Waals surface area contributed by atoms with Crippen LogP contribution in [0.2, 0.25) is 0 Å². The molecule has 0 aromatic rings. The molecule has 0 saturated carbocycles. The van der Waals surface area contributed by atoms with Crippen LogP contribution in [-0.4, -0.2) is 25.2 Å². The van der Waals surface area contributed by atoms with E-state index in [-0.39, 0.29) is 17.4 Å². The second-order valence-electron chi connectivity index (χ2n) is 9.22. The number of carbonyl (C=O) groups excluding carboxylic acids is 2. The highest BCUT2D eigenvalue weighted by Crippen LogP contribution is 2.28. The Hall–Kier alpha value is -1.58. The number of hydrogen-bond donors (Lipinski definition) is 0. The summed E-state index contributed by atoms with van der Waals surface area (Å²) in [7, 11) is 0. The van der Waals surface area contributed by atoms with E-state index in [4.69, 9.17) is 9.47 Å². The number of rotatable bonds is 13. The SMILES string of the molecule is C=C(C)C(=O)OCC(CC)CCCC.C=C(C)C(=O)OCCC(C)(C)CC(C)C. The molecule has 170 valence electrons. The molecule has 0 aliphatic heterocycles. The summed E-state index contributed by atoms with van der Waals surface area (Å²) in [5.41, 5.74) is 1.19. The van der Waals surface area contributed by atoms with Crippen molar-refractivity contribution < 1.29 is 19.1 Å². The lowest BCUT2D eigenvalue weighted by Crippen LogP contribution is -2.18. The van der Waals surface area contributed by atoms with Crippen molar-refractivity contribution in [3.8, 4) is 0 Å². The maximum absolute atomic E-state index is 11.1. The van der Waals surface area contributed by atoms with Crippen molar-refractivity contribution in [3.05, 3.63) is 24.3 Å². The lowest BCUT2D eigenvalue weighted by atomic mass is 9.81. The predicted molar refractivity (Wildman–Crippen MR) is 123 cm³/mol. The average molecular weight is 411 g/mol. The summed E-state index contributed by atoms with van der Waals surface area (Å²) < 4.78 is 10.2. The van der Waals surface area contributed by atoms with Crippen LogP contribution in [0.1, 0.15) is 93.9 Å². The van der Waals surface area contributed by atoms with Gasteiger partial charge in [-0.3, -0.25) is 0 Å². The zero-order chi connectivity index (χ0) is 23.0. The number of ether oxygens (including phenoxy) is 2. The minimum atomic E-state index is -0.282. The van der Waals surface area contributed by atoms with Crippen molar-refractivity contribution in [1.29, 1.82) is 0 Å². The van der Waals surface area contributed by atoms with Crippen LogP contribution in [0.4, 0.5) is 0 Å². The third-order valence-corrected chi connectivity index (χ3v) is 4.66. The molecule has 0 aliphatic carbocycles. The highest BCUT2D eigenvalue weighted by molar-refractivity contribution is 5.87. The van der Waals surface area contributed by atoms with E-state index in [0.717, 1.165) is 25.7 Å². The third-order valence-electron chi connectivity index (χ3n) is 4.66. The van der Waals surface area contributed by atoms with Crippen LogP contribution in [0.3, 0.4) is 0 Å². The van der Waals surface area contributed by atoms with Crippen LogP contribution < -0.4 is 0 Å². The van der Waals surface area contributed by atoms with E-state index in [2.05, 4.69) is 54.7 Å². The highest BCUT2D eigenvalue weighted by Gasteiger charge is 2.19. The van der Waals surface area contributed by atoms with Gasteiger partial charge in [0.1, 0.15) is 0 Å². The summed E-state index contributed by atoms with van der Waals surface area (Å²) in [4.78, 5) is 22.2. The van der Waals surface area contributed by atoms with Gasteiger partial charge in [-0.25, -0.2) is 9.59 Å². The highest BCUT2D eigenvalue weighted by atomic mass is 16.5. The summed E-state index contributed by atoms with van der Waals surface area (Å²) >= 11 is 0. The number of unbranched alkanes of at least 4 members (excludes halogenated alkanes) is 1. The lowest BCUT2D eigenvalue weighted by molar-refractivity contribution is -0.141. The number of carbonyl (C=O) groups is 2. The first kappa shape index (κ1) is 29.6. The Morgan fingerprint density at radius 3 is 1.90 bits per heavy atom. The topological polar surface area (TPSA) is 52.6 Å². The summed E-state index contributed by atoms with van der Waals surface area (Å²) in [5.74, 6) is 0.644. The van der Waals surface area contributed by atoms with Gasteiger partial charge in [-0.1, -0.05) is 74.0 Å². The van der Waals surface area contributed by atoms with E-state index in [1.165, 1.54) is 12.8 Å². The predicted octanol–water partition coefficient (Wildman–Crippen LogP) is 6.89. The molecule has 0 amide bonds. The maximum atomic E-state index is 11.1. The van der Waals surface area contributed by atoms with Gasteiger partial charge in [0, 0.05) is 11.1 Å². The average Bonchev–Trinajstić information content (AvgIpc) is 2.60. The molecule has 0 radical (unpaired) electrons. The Morgan fingerprint density at radius 2 is 1.48 bits per heavy atom. The standard InChI is InChI=1S/C13H24O2.C12H22O2/c1-10(2)9-13(5,6)7-8-15-12(14)11(3)4;1-5-7-8-11(6-2)9-14-12(13)10(3)4/h10H,3,7-9H2,1-2,4-6H3;11H,3,5-9H2,1-2,4H3. The summed E-state index contributed by atoms with van der Waals surface area (Å²) in [6.45, 7) is 24.6. The molecule has 0 rings (SSSR count). The van der Waals surface area contributed by atoms with E-state index < -0.39 is 0 Å². The molecule has 4 heteroatoms. The van der Waals surface area contributed by atoms with E-state index in [1.807, 2.05) is 0 Å². The van der Waals surface area contributed by atoms with Crippen molar-refractivity contribution in [2.75, 3.05) is 13.2 Å². The zero-order valence-electron chi connectivity index (χ0n) is 20.4. The molecule has 1 unspecified atom stereocenters. The van der Waals surface area contributed by atoms with E-state index in [9.17, 15) is 9.59 Å². The van der Waals surface area contributed by atoms with Gasteiger partial charge in [-0.05, 0) is 50.4 Å². The first-order valence-electron chi connectivity index (χ1n) is 11.0. The summed E-state index contributed by atoms with van der Waals surface area (Å²) in [5, 5.41) is 0. The minimum Gasteiger partial charge on any atom is -0.462 e. The fourth-order valence-electron chi connectivity index (χ4n) is 2.97. The lowest BCUT2D eigenvalue weighted by Gasteiger charge is -2.26. The smallest absolute Gasteiger partial charge is 0.333 e. The molecule has 0 aromatic carbocycles. The quantitative estimate of drug-likeness (QED) is 0.245. The Labute approximate surface area is 180 Å². The molecule has 1 atom stereocenters. The monoisotopic (exact) mass is 410 g/mol. The second kappa shape index (κ2) is 16.2. The summed E-state index contributed by atoms with van der Waals surface area (Å²) in [6.07, 6.45) is 6.69. The van der Waals surface area contributed by atoms with E-state index in [1.54, 1.807) is 13.8 Å². The molecule has 4 nitrogen and oxygen atoms in total. The van der Waals surface area contributed by atoms with Gasteiger partial charge in [0.2, 0.25) is 0 Å². The van der Waals surface area contributed by atoms with Crippen molar-refractivity contribution >= 4 is 11.9 Å². The van der Waals surface area contributed by atoms with Gasteiger partial charge in [0.25, 0.3) is 0 Å². The Kier molecular flexibility index (Phi) is 16.6. The Bertz CT molecular complexity index is 503. The van der Waals surface area contributed by atoms with Gasteiger partial charge in [-0.2, -0.15) is 0 Å². The second-order valence-corrected chi connectivity index (χ2v) is 9.22. The minimum absolute atomic E-state index is 0.240. The molecule has 0 fully saturated rings. The van der Waals surface area contributed by atoms with Gasteiger partial charge >= 0.3 is 11.9 Å². The molecular weight excluding hydrogens is 364 g/mol. The third kappa shape index (κ3) is 18.2. The molecular formula is C25H46O4. The molecule has 0 saturated heterocycles. The van der Waals surface area contributed by atoms with E-state index >= 15 is 0 Å². The van der Waals surface area contributed by atoms with Crippen molar-refractivity contribution in [3.63, 3.8) is 0 Å². The van der Waals surface area contributed by atoms with Crippen LogP contribution in [0, 0.1) is 17.3 Å². The van der Waals surface area contributed by atoms with Gasteiger partial charge in [-0.15, -0.1) is 0 Å².